The molecular formula is C23H26F2N4O. The third kappa shape index (κ3) is 4.72. The van der Waals surface area contributed by atoms with Gasteiger partial charge < -0.3 is 5.32 Å². The highest BCUT2D eigenvalue weighted by Crippen LogP contribution is 2.28. The summed E-state index contributed by atoms with van der Waals surface area (Å²) in [5.74, 6) is -2.19. The molecule has 0 aliphatic heterocycles. The summed E-state index contributed by atoms with van der Waals surface area (Å²) in [7, 11) is 0. The largest absolute Gasteiger partial charge is 0.347 e. The Balaban J connectivity index is 2.20. The van der Waals surface area contributed by atoms with Gasteiger partial charge in [0, 0.05) is 22.9 Å². The van der Waals surface area contributed by atoms with Crippen molar-refractivity contribution in [1.82, 2.24) is 20.1 Å². The number of nitrogens with one attached hydrogen (secondary N) is 1. The molecule has 3 aromatic rings. The molecular weight excluding hydrogens is 386 g/mol. The molecule has 5 nitrogen and oxygen atoms in total. The number of nitrogens with zero attached hydrogens (tertiary/aromatic N) is 3. The molecule has 30 heavy (non-hydrogen) atoms. The number of amides is 1. The third-order valence-electron chi connectivity index (χ3n) is 4.33. The molecule has 0 unspecified atom stereocenters. The van der Waals surface area contributed by atoms with Crippen molar-refractivity contribution in [3.8, 4) is 22.6 Å². The van der Waals surface area contributed by atoms with Crippen molar-refractivity contribution in [2.24, 2.45) is 0 Å². The van der Waals surface area contributed by atoms with E-state index in [1.165, 1.54) is 6.07 Å². The minimum absolute atomic E-state index is 0.281. The van der Waals surface area contributed by atoms with Gasteiger partial charge in [0.05, 0.1) is 22.6 Å². The van der Waals surface area contributed by atoms with E-state index in [-0.39, 0.29) is 11.4 Å². The maximum atomic E-state index is 13.8. The van der Waals surface area contributed by atoms with Crippen LogP contribution in [0.3, 0.4) is 0 Å². The van der Waals surface area contributed by atoms with E-state index in [1.54, 1.807) is 18.3 Å². The van der Waals surface area contributed by atoms with Crippen molar-refractivity contribution in [2.75, 3.05) is 0 Å². The molecule has 7 heteroatoms. The van der Waals surface area contributed by atoms with Crippen molar-refractivity contribution in [3.05, 3.63) is 59.8 Å². The quantitative estimate of drug-likeness (QED) is 0.645. The molecule has 0 spiro atoms. The van der Waals surface area contributed by atoms with Gasteiger partial charge in [-0.25, -0.2) is 13.8 Å². The van der Waals surface area contributed by atoms with Gasteiger partial charge in [-0.3, -0.25) is 9.48 Å². The summed E-state index contributed by atoms with van der Waals surface area (Å²) in [6, 6.07) is 8.64. The van der Waals surface area contributed by atoms with Crippen LogP contribution in [0, 0.1) is 11.6 Å². The van der Waals surface area contributed by atoms with Crippen LogP contribution in [0.2, 0.25) is 0 Å². The van der Waals surface area contributed by atoms with Crippen molar-refractivity contribution in [2.45, 2.75) is 52.6 Å². The highest BCUT2D eigenvalue weighted by atomic mass is 19.2. The Bertz CT molecular complexity index is 1090. The lowest BCUT2D eigenvalue weighted by atomic mass is 10.0. The van der Waals surface area contributed by atoms with E-state index >= 15 is 0 Å². The van der Waals surface area contributed by atoms with Gasteiger partial charge in [-0.05, 0) is 77.9 Å². The second-order valence-corrected chi connectivity index (χ2v) is 9.26. The van der Waals surface area contributed by atoms with E-state index in [0.29, 0.717) is 22.5 Å². The van der Waals surface area contributed by atoms with Crippen molar-refractivity contribution in [1.29, 1.82) is 0 Å². The first kappa shape index (κ1) is 21.6. The summed E-state index contributed by atoms with van der Waals surface area (Å²) < 4.78 is 29.1. The number of carbonyl (C=O) groups is 1. The number of halogens is 2. The predicted octanol–water partition coefficient (Wildman–Crippen LogP) is 5.17. The monoisotopic (exact) mass is 412 g/mol. The molecule has 0 radical (unpaired) electrons. The molecule has 0 aliphatic rings. The zero-order valence-corrected chi connectivity index (χ0v) is 18.0. The van der Waals surface area contributed by atoms with E-state index < -0.39 is 17.2 Å². The molecule has 0 bridgehead atoms. The van der Waals surface area contributed by atoms with Gasteiger partial charge in [-0.15, -0.1) is 0 Å². The lowest BCUT2D eigenvalue weighted by Gasteiger charge is -2.23. The lowest BCUT2D eigenvalue weighted by Crippen LogP contribution is -2.40. The van der Waals surface area contributed by atoms with Crippen LogP contribution in [0.25, 0.3) is 22.6 Å². The fourth-order valence-corrected chi connectivity index (χ4v) is 3.04. The highest BCUT2D eigenvalue weighted by molar-refractivity contribution is 5.96. The second kappa shape index (κ2) is 7.63. The summed E-state index contributed by atoms with van der Waals surface area (Å²) in [6.07, 6.45) is 1.67. The molecule has 0 saturated carbocycles. The maximum absolute atomic E-state index is 13.8. The van der Waals surface area contributed by atoms with Gasteiger partial charge in [0.1, 0.15) is 0 Å². The summed E-state index contributed by atoms with van der Waals surface area (Å²) in [4.78, 5) is 17.5. The summed E-state index contributed by atoms with van der Waals surface area (Å²) in [5, 5.41) is 7.32. The van der Waals surface area contributed by atoms with Crippen LogP contribution in [0.4, 0.5) is 8.78 Å². The van der Waals surface area contributed by atoms with E-state index in [9.17, 15) is 13.6 Å². The number of hydrogen-bond donors (Lipinski definition) is 1. The van der Waals surface area contributed by atoms with Crippen LogP contribution in [-0.4, -0.2) is 26.2 Å². The Labute approximate surface area is 175 Å². The van der Waals surface area contributed by atoms with Crippen molar-refractivity contribution < 1.29 is 13.6 Å². The topological polar surface area (TPSA) is 59.8 Å². The zero-order chi connectivity index (χ0) is 22.3. The van der Waals surface area contributed by atoms with E-state index in [4.69, 9.17) is 0 Å². The Kier molecular flexibility index (Phi) is 5.50. The van der Waals surface area contributed by atoms with Gasteiger partial charge in [0.25, 0.3) is 5.91 Å². The smallest absolute Gasteiger partial charge is 0.251 e. The van der Waals surface area contributed by atoms with Crippen molar-refractivity contribution in [3.63, 3.8) is 0 Å². The molecule has 0 aliphatic carbocycles. The molecule has 3 rings (SSSR count). The Hall–Kier alpha value is -3.09. The zero-order valence-electron chi connectivity index (χ0n) is 18.0. The molecule has 0 fully saturated rings. The first-order chi connectivity index (χ1) is 13.8. The molecule has 1 aromatic carbocycles. The molecule has 1 N–H and O–H groups in total. The predicted molar refractivity (Wildman–Crippen MR) is 113 cm³/mol. The second-order valence-electron chi connectivity index (χ2n) is 9.26. The van der Waals surface area contributed by atoms with Gasteiger partial charge in [0.15, 0.2) is 11.6 Å². The minimum atomic E-state index is -0.972. The van der Waals surface area contributed by atoms with Crippen LogP contribution in [-0.2, 0) is 5.54 Å². The third-order valence-corrected chi connectivity index (χ3v) is 4.33. The number of benzene rings is 1. The number of rotatable bonds is 3. The molecule has 2 heterocycles. The lowest BCUT2D eigenvalue weighted by molar-refractivity contribution is 0.0919. The van der Waals surface area contributed by atoms with Crippen LogP contribution in [0.1, 0.15) is 51.9 Å². The summed E-state index contributed by atoms with van der Waals surface area (Å²) in [5.41, 5.74) is 1.61. The minimum Gasteiger partial charge on any atom is -0.347 e. The molecule has 0 saturated heterocycles. The standard InChI is InChI=1S/C23H26F2N4O/c1-22(2,3)28-21(30)15-12-18(14-7-8-16(24)17(25)11-14)27-19(13-15)20-9-10-26-29(20)23(4,5)6/h7-13H,1-6H3,(H,28,30). The summed E-state index contributed by atoms with van der Waals surface area (Å²) in [6.45, 7) is 11.7. The Morgan fingerprint density at radius 3 is 2.20 bits per heavy atom. The average Bonchev–Trinajstić information content (AvgIpc) is 3.12. The van der Waals surface area contributed by atoms with Crippen LogP contribution in [0.5, 0.6) is 0 Å². The van der Waals surface area contributed by atoms with Crippen molar-refractivity contribution >= 4 is 5.91 Å². The van der Waals surface area contributed by atoms with E-state index in [0.717, 1.165) is 17.8 Å². The van der Waals surface area contributed by atoms with Gasteiger partial charge in [-0.1, -0.05) is 0 Å². The van der Waals surface area contributed by atoms with Crippen LogP contribution >= 0.6 is 0 Å². The van der Waals surface area contributed by atoms with Gasteiger partial charge in [-0.2, -0.15) is 5.10 Å². The first-order valence-corrected chi connectivity index (χ1v) is 9.70. The Morgan fingerprint density at radius 1 is 0.933 bits per heavy atom. The normalized spacial score (nSPS) is 12.1. The number of carbonyl (C=O) groups excluding carboxylic acids is 1. The highest BCUT2D eigenvalue weighted by Gasteiger charge is 2.22. The van der Waals surface area contributed by atoms with Crippen LogP contribution < -0.4 is 5.32 Å². The molecule has 0 atom stereocenters. The molecule has 1 amide bonds. The number of hydrogen-bond acceptors (Lipinski definition) is 3. The van der Waals surface area contributed by atoms with E-state index in [1.807, 2.05) is 52.3 Å². The van der Waals surface area contributed by atoms with Gasteiger partial charge >= 0.3 is 0 Å². The van der Waals surface area contributed by atoms with Gasteiger partial charge in [0.2, 0.25) is 0 Å². The SMILES string of the molecule is CC(C)(C)NC(=O)c1cc(-c2ccc(F)c(F)c2)nc(-c2ccnn2C(C)(C)C)c1. The molecule has 2 aromatic heterocycles. The summed E-state index contributed by atoms with van der Waals surface area (Å²) >= 11 is 0. The molecule has 158 valence electrons. The average molecular weight is 412 g/mol. The number of aromatic nitrogens is 3. The van der Waals surface area contributed by atoms with E-state index in [2.05, 4.69) is 15.4 Å². The first-order valence-electron chi connectivity index (χ1n) is 9.70. The number of pyridine rings is 1. The Morgan fingerprint density at radius 2 is 1.60 bits per heavy atom. The fourth-order valence-electron chi connectivity index (χ4n) is 3.04. The fraction of sp³-hybridized carbons (Fsp3) is 0.348. The van der Waals surface area contributed by atoms with Crippen LogP contribution in [0.15, 0.2) is 42.6 Å². The maximum Gasteiger partial charge on any atom is 0.251 e.